The summed E-state index contributed by atoms with van der Waals surface area (Å²) in [6, 6.07) is 15.1. The maximum absolute atomic E-state index is 13.0. The van der Waals surface area contributed by atoms with Crippen LogP contribution in [0.4, 0.5) is 11.4 Å². The summed E-state index contributed by atoms with van der Waals surface area (Å²) >= 11 is 1.39. The molecule has 10 heteroatoms. The van der Waals surface area contributed by atoms with Crippen LogP contribution in [0.15, 0.2) is 75.6 Å². The van der Waals surface area contributed by atoms with Crippen molar-refractivity contribution in [1.82, 2.24) is 10.3 Å². The van der Waals surface area contributed by atoms with Crippen LogP contribution >= 0.6 is 11.8 Å². The van der Waals surface area contributed by atoms with Crippen LogP contribution in [-0.2, 0) is 14.8 Å². The Labute approximate surface area is 197 Å². The fourth-order valence-corrected chi connectivity index (χ4v) is 4.97. The Hall–Kier alpha value is -3.37. The molecule has 0 saturated heterocycles. The molecule has 3 N–H and O–H groups in total. The predicted octanol–water partition coefficient (Wildman–Crippen LogP) is 4.05. The van der Waals surface area contributed by atoms with Crippen molar-refractivity contribution in [2.75, 3.05) is 16.6 Å². The van der Waals surface area contributed by atoms with E-state index in [4.69, 9.17) is 0 Å². The third-order valence-electron chi connectivity index (χ3n) is 4.40. The molecule has 33 heavy (non-hydrogen) atoms. The molecule has 2 aromatic carbocycles. The van der Waals surface area contributed by atoms with Crippen molar-refractivity contribution in [2.45, 2.75) is 35.6 Å². The van der Waals surface area contributed by atoms with Crippen molar-refractivity contribution in [2.24, 2.45) is 0 Å². The molecule has 8 nitrogen and oxygen atoms in total. The van der Waals surface area contributed by atoms with Gasteiger partial charge in [-0.05, 0) is 67.9 Å². The second kappa shape index (κ2) is 10.5. The van der Waals surface area contributed by atoms with E-state index < -0.39 is 10.0 Å². The quantitative estimate of drug-likeness (QED) is 0.444. The zero-order valence-electron chi connectivity index (χ0n) is 18.4. The number of nitrogens with zero attached hydrogens (tertiary/aromatic N) is 1. The molecule has 0 saturated carbocycles. The Bertz CT molecular complexity index is 1260. The molecule has 0 radical (unpaired) electrons. The molecular weight excluding hydrogens is 460 g/mol. The topological polar surface area (TPSA) is 117 Å². The predicted molar refractivity (Wildman–Crippen MR) is 129 cm³/mol. The van der Waals surface area contributed by atoms with Crippen molar-refractivity contribution >= 4 is 45.0 Å². The molecule has 1 heterocycles. The van der Waals surface area contributed by atoms with Crippen molar-refractivity contribution < 1.29 is 18.0 Å². The molecule has 1 aromatic heterocycles. The number of nitrogens with one attached hydrogen (secondary N) is 3. The largest absolute Gasteiger partial charge is 0.352 e. The molecule has 3 aromatic rings. The van der Waals surface area contributed by atoms with Crippen LogP contribution in [0.2, 0.25) is 0 Å². The molecule has 3 rings (SSSR count). The molecule has 0 aliphatic rings. The van der Waals surface area contributed by atoms with Gasteiger partial charge in [-0.2, -0.15) is 0 Å². The van der Waals surface area contributed by atoms with E-state index in [2.05, 4.69) is 20.3 Å². The molecule has 0 fully saturated rings. The highest BCUT2D eigenvalue weighted by atomic mass is 32.2. The first kappa shape index (κ1) is 24.3. The van der Waals surface area contributed by atoms with Crippen LogP contribution in [0.3, 0.4) is 0 Å². The van der Waals surface area contributed by atoms with Crippen LogP contribution < -0.4 is 15.4 Å². The fourth-order valence-electron chi connectivity index (χ4n) is 2.90. The number of pyridine rings is 1. The molecular formula is C23H24N4O4S2. The lowest BCUT2D eigenvalue weighted by Gasteiger charge is -2.13. The summed E-state index contributed by atoms with van der Waals surface area (Å²) in [5, 5.41) is 5.98. The third kappa shape index (κ3) is 6.56. The Morgan fingerprint density at radius 2 is 1.76 bits per heavy atom. The summed E-state index contributed by atoms with van der Waals surface area (Å²) in [6.07, 6.45) is 1.52. The van der Waals surface area contributed by atoms with Crippen LogP contribution in [0.25, 0.3) is 0 Å². The Kier molecular flexibility index (Phi) is 7.72. The van der Waals surface area contributed by atoms with E-state index >= 15 is 0 Å². The number of aromatic nitrogens is 1. The minimum absolute atomic E-state index is 0.00690. The number of aryl methyl sites for hydroxylation is 1. The molecule has 0 spiro atoms. The molecule has 172 valence electrons. The van der Waals surface area contributed by atoms with Gasteiger partial charge in [0, 0.05) is 30.2 Å². The number of carbonyl (C=O) groups is 2. The van der Waals surface area contributed by atoms with Gasteiger partial charge in [0.2, 0.25) is 5.91 Å². The van der Waals surface area contributed by atoms with E-state index in [0.717, 1.165) is 10.5 Å². The van der Waals surface area contributed by atoms with E-state index in [-0.39, 0.29) is 22.4 Å². The summed E-state index contributed by atoms with van der Waals surface area (Å²) in [6.45, 7) is 5.49. The lowest BCUT2D eigenvalue weighted by molar-refractivity contribution is -0.114. The van der Waals surface area contributed by atoms with Gasteiger partial charge in [-0.15, -0.1) is 0 Å². The third-order valence-corrected chi connectivity index (χ3v) is 6.78. The number of hydrogen-bond donors (Lipinski definition) is 3. The maximum atomic E-state index is 13.0. The standard InChI is InChI=1S/C23H24N4O4S2/c1-4-24-23(29)17-6-12-22(25-14-17)32-19-9-7-18(8-10-19)27-33(30,31)21-13-15(2)5-11-20(21)26-16(3)28/h5-14,27H,4H2,1-3H3,(H,24,29)(H,26,28). The van der Waals surface area contributed by atoms with E-state index in [1.54, 1.807) is 55.5 Å². The summed E-state index contributed by atoms with van der Waals surface area (Å²) in [5.74, 6) is -0.530. The zero-order chi connectivity index (χ0) is 24.0. The van der Waals surface area contributed by atoms with Gasteiger partial charge in [-0.3, -0.25) is 14.3 Å². The highest BCUT2D eigenvalue weighted by molar-refractivity contribution is 7.99. The number of benzene rings is 2. The van der Waals surface area contributed by atoms with E-state index in [9.17, 15) is 18.0 Å². The van der Waals surface area contributed by atoms with Gasteiger partial charge >= 0.3 is 0 Å². The summed E-state index contributed by atoms with van der Waals surface area (Å²) < 4.78 is 28.5. The lowest BCUT2D eigenvalue weighted by atomic mass is 10.2. The molecule has 0 aliphatic carbocycles. The van der Waals surface area contributed by atoms with Crippen LogP contribution in [0, 0.1) is 6.92 Å². The number of rotatable bonds is 8. The van der Waals surface area contributed by atoms with E-state index in [0.29, 0.717) is 22.8 Å². The highest BCUT2D eigenvalue weighted by Crippen LogP contribution is 2.29. The summed E-state index contributed by atoms with van der Waals surface area (Å²) in [7, 11) is -3.92. The minimum atomic E-state index is -3.92. The van der Waals surface area contributed by atoms with Crippen molar-refractivity contribution in [3.05, 3.63) is 71.9 Å². The van der Waals surface area contributed by atoms with Crippen LogP contribution in [-0.4, -0.2) is 31.8 Å². The first-order chi connectivity index (χ1) is 15.7. The summed E-state index contributed by atoms with van der Waals surface area (Å²) in [5.41, 5.74) is 1.84. The molecule has 0 aliphatic heterocycles. The Morgan fingerprint density at radius 1 is 1.03 bits per heavy atom. The molecule has 0 unspecified atom stereocenters. The number of carbonyl (C=O) groups excluding carboxylic acids is 2. The second-order valence-corrected chi connectivity index (χ2v) is 9.90. The average molecular weight is 485 g/mol. The average Bonchev–Trinajstić information content (AvgIpc) is 2.76. The van der Waals surface area contributed by atoms with Gasteiger partial charge in [0.1, 0.15) is 9.92 Å². The van der Waals surface area contributed by atoms with E-state index in [1.807, 2.05) is 6.92 Å². The maximum Gasteiger partial charge on any atom is 0.263 e. The Morgan fingerprint density at radius 3 is 2.36 bits per heavy atom. The monoisotopic (exact) mass is 484 g/mol. The number of anilines is 2. The Balaban J connectivity index is 1.72. The van der Waals surface area contributed by atoms with Crippen LogP contribution in [0.5, 0.6) is 0 Å². The fraction of sp³-hybridized carbons (Fsp3) is 0.174. The highest BCUT2D eigenvalue weighted by Gasteiger charge is 2.20. The van der Waals surface area contributed by atoms with Crippen LogP contribution in [0.1, 0.15) is 29.8 Å². The zero-order valence-corrected chi connectivity index (χ0v) is 20.0. The first-order valence-electron chi connectivity index (χ1n) is 10.1. The first-order valence-corrected chi connectivity index (χ1v) is 12.4. The van der Waals surface area contributed by atoms with Crippen molar-refractivity contribution in [3.8, 4) is 0 Å². The SMILES string of the molecule is CCNC(=O)c1ccc(Sc2ccc(NS(=O)(=O)c3cc(C)ccc3NC(C)=O)cc2)nc1. The van der Waals surface area contributed by atoms with Gasteiger partial charge in [0.15, 0.2) is 0 Å². The molecule has 0 atom stereocenters. The second-order valence-electron chi connectivity index (χ2n) is 7.16. The van der Waals surface area contributed by atoms with Gasteiger partial charge in [0.05, 0.1) is 11.3 Å². The number of sulfonamides is 1. The number of amides is 2. The smallest absolute Gasteiger partial charge is 0.263 e. The molecule has 2 amide bonds. The van der Waals surface area contributed by atoms with Gasteiger partial charge in [-0.1, -0.05) is 17.8 Å². The van der Waals surface area contributed by atoms with Gasteiger partial charge < -0.3 is 10.6 Å². The minimum Gasteiger partial charge on any atom is -0.352 e. The van der Waals surface area contributed by atoms with Crippen molar-refractivity contribution in [3.63, 3.8) is 0 Å². The van der Waals surface area contributed by atoms with Gasteiger partial charge in [-0.25, -0.2) is 13.4 Å². The van der Waals surface area contributed by atoms with E-state index in [1.165, 1.54) is 30.9 Å². The lowest BCUT2D eigenvalue weighted by Crippen LogP contribution is -2.22. The normalized spacial score (nSPS) is 11.0. The van der Waals surface area contributed by atoms with Crippen molar-refractivity contribution in [1.29, 1.82) is 0 Å². The number of hydrogen-bond acceptors (Lipinski definition) is 6. The van der Waals surface area contributed by atoms with Gasteiger partial charge in [0.25, 0.3) is 15.9 Å². The molecule has 0 bridgehead atoms. The summed E-state index contributed by atoms with van der Waals surface area (Å²) in [4.78, 5) is 28.4.